The number of nitrogens with one attached hydrogen (secondary N) is 1. The van der Waals surface area contributed by atoms with Crippen molar-refractivity contribution >= 4 is 5.91 Å². The second-order valence-electron chi connectivity index (χ2n) is 5.73. The van der Waals surface area contributed by atoms with E-state index < -0.39 is 0 Å². The van der Waals surface area contributed by atoms with Crippen LogP contribution in [0.5, 0.6) is 0 Å². The van der Waals surface area contributed by atoms with E-state index >= 15 is 0 Å². The van der Waals surface area contributed by atoms with Gasteiger partial charge in [0, 0.05) is 6.54 Å². The van der Waals surface area contributed by atoms with Gasteiger partial charge < -0.3 is 5.32 Å². The molecule has 2 aliphatic rings. The van der Waals surface area contributed by atoms with Crippen LogP contribution in [0.1, 0.15) is 31.2 Å². The van der Waals surface area contributed by atoms with Crippen LogP contribution in [-0.2, 0) is 11.3 Å². The molecule has 1 aromatic carbocycles. The molecule has 19 heavy (non-hydrogen) atoms. The van der Waals surface area contributed by atoms with Gasteiger partial charge in [0.05, 0.1) is 6.04 Å². The highest BCUT2D eigenvalue weighted by molar-refractivity contribution is 5.82. The van der Waals surface area contributed by atoms with E-state index in [4.69, 9.17) is 0 Å². The predicted molar refractivity (Wildman–Crippen MR) is 75.6 cm³/mol. The van der Waals surface area contributed by atoms with Crippen LogP contribution in [0.25, 0.3) is 0 Å². The number of likely N-dealkylation sites (tertiary alicyclic amines) is 1. The molecule has 102 valence electrons. The van der Waals surface area contributed by atoms with Gasteiger partial charge in [-0.1, -0.05) is 30.3 Å². The molecule has 1 aliphatic heterocycles. The van der Waals surface area contributed by atoms with Crippen molar-refractivity contribution in [2.24, 2.45) is 5.92 Å². The zero-order valence-corrected chi connectivity index (χ0v) is 11.3. The largest absolute Gasteiger partial charge is 0.351 e. The summed E-state index contributed by atoms with van der Waals surface area (Å²) >= 11 is 0. The Balaban J connectivity index is 1.58. The van der Waals surface area contributed by atoms with Gasteiger partial charge in [-0.25, -0.2) is 0 Å². The Kier molecular flexibility index (Phi) is 3.83. The summed E-state index contributed by atoms with van der Waals surface area (Å²) in [5.74, 6) is 0.835. The molecular formula is C16H22N2O. The first-order valence-corrected chi connectivity index (χ1v) is 7.40. The lowest BCUT2D eigenvalue weighted by atomic mass is 10.1. The highest BCUT2D eigenvalue weighted by Gasteiger charge is 2.40. The van der Waals surface area contributed by atoms with E-state index in [0.29, 0.717) is 12.5 Å². The van der Waals surface area contributed by atoms with Crippen LogP contribution < -0.4 is 5.32 Å². The Bertz CT molecular complexity index is 422. The third kappa shape index (κ3) is 3.16. The van der Waals surface area contributed by atoms with Crippen LogP contribution in [0.4, 0.5) is 0 Å². The molecule has 1 heterocycles. The molecule has 1 amide bonds. The summed E-state index contributed by atoms with van der Waals surface area (Å²) in [6.07, 6.45) is 4.93. The number of nitrogens with zero attached hydrogens (tertiary/aromatic N) is 1. The van der Waals surface area contributed by atoms with Crippen molar-refractivity contribution in [1.29, 1.82) is 0 Å². The van der Waals surface area contributed by atoms with Gasteiger partial charge in [-0.2, -0.15) is 0 Å². The number of hydrogen-bond acceptors (Lipinski definition) is 2. The molecule has 3 rings (SSSR count). The fourth-order valence-corrected chi connectivity index (χ4v) is 3.00. The van der Waals surface area contributed by atoms with Crippen LogP contribution in [0.15, 0.2) is 30.3 Å². The number of carbonyl (C=O) groups is 1. The molecule has 3 heteroatoms. The molecule has 1 N–H and O–H groups in total. The zero-order chi connectivity index (χ0) is 13.1. The summed E-state index contributed by atoms with van der Waals surface area (Å²) in [4.78, 5) is 14.8. The molecule has 1 unspecified atom stereocenters. The number of carbonyl (C=O) groups excluding carboxylic acids is 1. The maximum Gasteiger partial charge on any atom is 0.237 e. The molecule has 1 aliphatic carbocycles. The topological polar surface area (TPSA) is 32.3 Å². The van der Waals surface area contributed by atoms with Gasteiger partial charge in [-0.15, -0.1) is 0 Å². The average molecular weight is 258 g/mol. The Morgan fingerprint density at radius 2 is 1.89 bits per heavy atom. The van der Waals surface area contributed by atoms with Gasteiger partial charge in [0.25, 0.3) is 0 Å². The lowest BCUT2D eigenvalue weighted by Gasteiger charge is -2.26. The summed E-state index contributed by atoms with van der Waals surface area (Å²) in [7, 11) is 0. The van der Waals surface area contributed by atoms with Crippen molar-refractivity contribution < 1.29 is 4.79 Å². The highest BCUT2D eigenvalue weighted by atomic mass is 16.2. The second-order valence-corrected chi connectivity index (χ2v) is 5.73. The standard InChI is InChI=1S/C16H22N2O/c19-16(17-12-13-6-2-1-3-7-13)15(14-8-9-14)18-10-4-5-11-18/h1-3,6-7,14-15H,4-5,8-12H2,(H,17,19). The minimum atomic E-state index is 0.131. The Morgan fingerprint density at radius 3 is 2.53 bits per heavy atom. The van der Waals surface area contributed by atoms with Crippen molar-refractivity contribution in [3.63, 3.8) is 0 Å². The lowest BCUT2D eigenvalue weighted by molar-refractivity contribution is -0.127. The van der Waals surface area contributed by atoms with E-state index in [0.717, 1.165) is 13.1 Å². The van der Waals surface area contributed by atoms with Crippen molar-refractivity contribution in [2.75, 3.05) is 13.1 Å². The summed E-state index contributed by atoms with van der Waals surface area (Å²) in [5.41, 5.74) is 1.17. The van der Waals surface area contributed by atoms with E-state index in [-0.39, 0.29) is 11.9 Å². The fourth-order valence-electron chi connectivity index (χ4n) is 3.00. The Hall–Kier alpha value is -1.35. The molecule has 2 fully saturated rings. The maximum absolute atomic E-state index is 12.4. The zero-order valence-electron chi connectivity index (χ0n) is 11.3. The van der Waals surface area contributed by atoms with Gasteiger partial charge >= 0.3 is 0 Å². The number of hydrogen-bond donors (Lipinski definition) is 1. The van der Waals surface area contributed by atoms with E-state index in [2.05, 4.69) is 22.3 Å². The number of amides is 1. The summed E-state index contributed by atoms with van der Waals surface area (Å²) in [5, 5.41) is 3.12. The highest BCUT2D eigenvalue weighted by Crippen LogP contribution is 2.36. The first-order chi connectivity index (χ1) is 9.34. The maximum atomic E-state index is 12.4. The van der Waals surface area contributed by atoms with Crippen molar-refractivity contribution in [3.05, 3.63) is 35.9 Å². The Labute approximate surface area is 115 Å². The average Bonchev–Trinajstić information content (AvgIpc) is 3.12. The smallest absolute Gasteiger partial charge is 0.237 e. The first kappa shape index (κ1) is 12.7. The van der Waals surface area contributed by atoms with Gasteiger partial charge in [0.1, 0.15) is 0 Å². The molecule has 1 saturated carbocycles. The molecule has 1 atom stereocenters. The minimum Gasteiger partial charge on any atom is -0.351 e. The van der Waals surface area contributed by atoms with E-state index in [1.807, 2.05) is 18.2 Å². The van der Waals surface area contributed by atoms with Crippen LogP contribution in [0.3, 0.4) is 0 Å². The normalized spacial score (nSPS) is 21.3. The summed E-state index contributed by atoms with van der Waals surface area (Å²) in [6.45, 7) is 2.84. The quantitative estimate of drug-likeness (QED) is 0.878. The third-order valence-electron chi connectivity index (χ3n) is 4.18. The minimum absolute atomic E-state index is 0.131. The fraction of sp³-hybridized carbons (Fsp3) is 0.562. The number of rotatable bonds is 5. The van der Waals surface area contributed by atoms with Crippen molar-refractivity contribution in [2.45, 2.75) is 38.3 Å². The molecule has 3 nitrogen and oxygen atoms in total. The van der Waals surface area contributed by atoms with Gasteiger partial charge in [-0.3, -0.25) is 9.69 Å². The molecule has 1 saturated heterocycles. The van der Waals surface area contributed by atoms with E-state index in [1.165, 1.54) is 31.2 Å². The van der Waals surface area contributed by atoms with Gasteiger partial charge in [0.15, 0.2) is 0 Å². The van der Waals surface area contributed by atoms with Crippen LogP contribution >= 0.6 is 0 Å². The van der Waals surface area contributed by atoms with Crippen molar-refractivity contribution in [1.82, 2.24) is 10.2 Å². The molecule has 1 aromatic rings. The third-order valence-corrected chi connectivity index (χ3v) is 4.18. The molecule has 0 radical (unpaired) electrons. The van der Waals surface area contributed by atoms with Crippen LogP contribution in [0, 0.1) is 5.92 Å². The second kappa shape index (κ2) is 5.74. The number of benzene rings is 1. The summed E-state index contributed by atoms with van der Waals surface area (Å²) < 4.78 is 0. The molecular weight excluding hydrogens is 236 g/mol. The van der Waals surface area contributed by atoms with Gasteiger partial charge in [-0.05, 0) is 50.3 Å². The predicted octanol–water partition coefficient (Wildman–Crippen LogP) is 2.18. The van der Waals surface area contributed by atoms with E-state index in [9.17, 15) is 4.79 Å². The summed E-state index contributed by atoms with van der Waals surface area (Å²) in [6, 6.07) is 10.3. The first-order valence-electron chi connectivity index (χ1n) is 7.40. The Morgan fingerprint density at radius 1 is 1.21 bits per heavy atom. The van der Waals surface area contributed by atoms with E-state index in [1.54, 1.807) is 0 Å². The van der Waals surface area contributed by atoms with Crippen molar-refractivity contribution in [3.8, 4) is 0 Å². The van der Waals surface area contributed by atoms with Crippen LogP contribution in [0.2, 0.25) is 0 Å². The molecule has 0 bridgehead atoms. The van der Waals surface area contributed by atoms with Crippen LogP contribution in [-0.4, -0.2) is 29.9 Å². The monoisotopic (exact) mass is 258 g/mol. The lowest BCUT2D eigenvalue weighted by Crippen LogP contribution is -2.46. The SMILES string of the molecule is O=C(NCc1ccccc1)C(C1CC1)N1CCCC1. The molecule has 0 aromatic heterocycles. The molecule has 0 spiro atoms. The van der Waals surface area contributed by atoms with Gasteiger partial charge in [0.2, 0.25) is 5.91 Å².